The van der Waals surface area contributed by atoms with Crippen molar-refractivity contribution in [2.24, 2.45) is 0 Å². The van der Waals surface area contributed by atoms with Gasteiger partial charge in [-0.25, -0.2) is 0 Å². The number of nitrogens with one attached hydrogen (secondary N) is 1. The number of ether oxygens (including phenoxy) is 1. The van der Waals surface area contributed by atoms with E-state index in [1.807, 2.05) is 31.2 Å². The Morgan fingerprint density at radius 2 is 1.47 bits per heavy atom. The Bertz CT molecular complexity index is 1110. The molecule has 0 spiro atoms. The van der Waals surface area contributed by atoms with Crippen molar-refractivity contribution >= 4 is 11.9 Å². The highest BCUT2D eigenvalue weighted by molar-refractivity contribution is 5.94. The van der Waals surface area contributed by atoms with Gasteiger partial charge in [0.1, 0.15) is 11.9 Å². The molecule has 0 aliphatic carbocycles. The third-order valence-corrected chi connectivity index (χ3v) is 5.22. The van der Waals surface area contributed by atoms with E-state index in [0.29, 0.717) is 23.3 Å². The molecule has 3 rings (SSSR count). The van der Waals surface area contributed by atoms with Gasteiger partial charge in [-0.1, -0.05) is 43.3 Å². The first-order valence-corrected chi connectivity index (χ1v) is 10.7. The molecule has 0 heterocycles. The zero-order valence-electron chi connectivity index (χ0n) is 18.4. The van der Waals surface area contributed by atoms with Crippen LogP contribution in [-0.2, 0) is 11.0 Å². The van der Waals surface area contributed by atoms with Crippen molar-refractivity contribution in [3.05, 3.63) is 89.5 Å². The van der Waals surface area contributed by atoms with Crippen LogP contribution in [0, 0.1) is 0 Å². The van der Waals surface area contributed by atoms with E-state index in [9.17, 15) is 22.8 Å². The summed E-state index contributed by atoms with van der Waals surface area (Å²) in [5.74, 6) is -0.776. The fourth-order valence-electron chi connectivity index (χ4n) is 3.36. The van der Waals surface area contributed by atoms with Crippen LogP contribution in [0.25, 0.3) is 11.1 Å². The van der Waals surface area contributed by atoms with E-state index >= 15 is 0 Å². The normalized spacial score (nSPS) is 12.1. The molecule has 2 N–H and O–H groups in total. The minimum atomic E-state index is -4.36. The zero-order chi connectivity index (χ0) is 24.7. The number of alkyl halides is 3. The van der Waals surface area contributed by atoms with Crippen LogP contribution in [0.4, 0.5) is 13.2 Å². The van der Waals surface area contributed by atoms with Gasteiger partial charge >= 0.3 is 12.1 Å². The molecule has 5 nitrogen and oxygen atoms in total. The van der Waals surface area contributed by atoms with Gasteiger partial charge in [-0.2, -0.15) is 13.2 Å². The fourth-order valence-corrected chi connectivity index (χ4v) is 3.36. The number of benzene rings is 3. The maximum Gasteiger partial charge on any atom is 0.416 e. The van der Waals surface area contributed by atoms with E-state index in [0.717, 1.165) is 23.3 Å². The van der Waals surface area contributed by atoms with Crippen molar-refractivity contribution in [2.75, 3.05) is 6.54 Å². The summed E-state index contributed by atoms with van der Waals surface area (Å²) in [4.78, 5) is 22.6. The first kappa shape index (κ1) is 24.8. The van der Waals surface area contributed by atoms with Crippen LogP contribution >= 0.6 is 0 Å². The molecule has 1 amide bonds. The Hall–Kier alpha value is -3.81. The highest BCUT2D eigenvalue weighted by Crippen LogP contribution is 2.32. The summed E-state index contributed by atoms with van der Waals surface area (Å²) in [6, 6.07) is 19.0. The van der Waals surface area contributed by atoms with Gasteiger partial charge in [-0.05, 0) is 59.5 Å². The van der Waals surface area contributed by atoms with E-state index in [1.54, 1.807) is 24.3 Å². The molecule has 0 saturated heterocycles. The second-order valence-corrected chi connectivity index (χ2v) is 7.64. The molecule has 1 atom stereocenters. The largest absolute Gasteiger partial charge is 0.486 e. The highest BCUT2D eigenvalue weighted by Gasteiger charge is 2.30. The third-order valence-electron chi connectivity index (χ3n) is 5.22. The molecule has 1 unspecified atom stereocenters. The molecule has 0 aromatic heterocycles. The van der Waals surface area contributed by atoms with Crippen molar-refractivity contribution in [1.29, 1.82) is 0 Å². The predicted molar refractivity (Wildman–Crippen MR) is 122 cm³/mol. The lowest BCUT2D eigenvalue weighted by molar-refractivity contribution is -0.138. The monoisotopic (exact) mass is 471 g/mol. The summed E-state index contributed by atoms with van der Waals surface area (Å²) >= 11 is 0. The minimum Gasteiger partial charge on any atom is -0.486 e. The maximum absolute atomic E-state index is 12.8. The van der Waals surface area contributed by atoms with Gasteiger partial charge in [0, 0.05) is 12.1 Å². The summed E-state index contributed by atoms with van der Waals surface area (Å²) in [6.07, 6.45) is -4.09. The lowest BCUT2D eigenvalue weighted by Gasteiger charge is -2.19. The SMILES string of the molecule is CCC(Oc1ccc(C(=O)NCCC(=O)O)cc1)c1ccc(-c2ccc(C(F)(F)F)cc2)cc1. The van der Waals surface area contributed by atoms with E-state index in [1.165, 1.54) is 12.1 Å². The molecule has 3 aromatic carbocycles. The zero-order valence-corrected chi connectivity index (χ0v) is 18.4. The molecule has 0 radical (unpaired) electrons. The van der Waals surface area contributed by atoms with Gasteiger partial charge in [-0.3, -0.25) is 9.59 Å². The molecule has 8 heteroatoms. The van der Waals surface area contributed by atoms with Crippen molar-refractivity contribution in [3.63, 3.8) is 0 Å². The van der Waals surface area contributed by atoms with Gasteiger partial charge in [0.2, 0.25) is 0 Å². The lowest BCUT2D eigenvalue weighted by Crippen LogP contribution is -2.25. The Labute approximate surface area is 195 Å². The smallest absolute Gasteiger partial charge is 0.416 e. The molecule has 0 fully saturated rings. The van der Waals surface area contributed by atoms with Gasteiger partial charge in [0.05, 0.1) is 12.0 Å². The van der Waals surface area contributed by atoms with E-state index in [-0.39, 0.29) is 25.0 Å². The van der Waals surface area contributed by atoms with Crippen LogP contribution in [-0.4, -0.2) is 23.5 Å². The number of amides is 1. The van der Waals surface area contributed by atoms with Gasteiger partial charge in [-0.15, -0.1) is 0 Å². The van der Waals surface area contributed by atoms with E-state index in [4.69, 9.17) is 9.84 Å². The number of carboxylic acids is 1. The molecular formula is C26H24F3NO4. The number of aliphatic carboxylic acids is 1. The molecule has 0 saturated carbocycles. The molecular weight excluding hydrogens is 447 g/mol. The van der Waals surface area contributed by atoms with Gasteiger partial charge in [0.15, 0.2) is 0 Å². The van der Waals surface area contributed by atoms with Crippen LogP contribution in [0.15, 0.2) is 72.8 Å². The van der Waals surface area contributed by atoms with Crippen molar-refractivity contribution in [2.45, 2.75) is 32.0 Å². The van der Waals surface area contributed by atoms with E-state index < -0.39 is 17.7 Å². The number of hydrogen-bond donors (Lipinski definition) is 2. The molecule has 34 heavy (non-hydrogen) atoms. The number of carbonyl (C=O) groups is 2. The Balaban J connectivity index is 1.64. The lowest BCUT2D eigenvalue weighted by atomic mass is 10.00. The Kier molecular flexibility index (Phi) is 7.94. The first-order valence-electron chi connectivity index (χ1n) is 10.7. The summed E-state index contributed by atoms with van der Waals surface area (Å²) in [5, 5.41) is 11.2. The molecule has 3 aromatic rings. The average Bonchev–Trinajstić information content (AvgIpc) is 2.82. The second kappa shape index (κ2) is 10.9. The van der Waals surface area contributed by atoms with Crippen molar-refractivity contribution in [3.8, 4) is 16.9 Å². The quantitative estimate of drug-likeness (QED) is 0.395. The molecule has 0 bridgehead atoms. The van der Waals surface area contributed by atoms with Crippen LogP contribution in [0.2, 0.25) is 0 Å². The Morgan fingerprint density at radius 3 is 1.97 bits per heavy atom. The number of hydrogen-bond acceptors (Lipinski definition) is 3. The average molecular weight is 471 g/mol. The predicted octanol–water partition coefficient (Wildman–Crippen LogP) is 6.11. The summed E-state index contributed by atoms with van der Waals surface area (Å²) < 4.78 is 44.4. The topological polar surface area (TPSA) is 75.6 Å². The van der Waals surface area contributed by atoms with Crippen LogP contribution in [0.5, 0.6) is 5.75 Å². The fraction of sp³-hybridized carbons (Fsp3) is 0.231. The van der Waals surface area contributed by atoms with Crippen LogP contribution in [0.3, 0.4) is 0 Å². The Morgan fingerprint density at radius 1 is 0.912 bits per heavy atom. The maximum atomic E-state index is 12.8. The van der Waals surface area contributed by atoms with Crippen LogP contribution in [0.1, 0.15) is 47.4 Å². The summed E-state index contributed by atoms with van der Waals surface area (Å²) in [5.41, 5.74) is 2.10. The second-order valence-electron chi connectivity index (χ2n) is 7.64. The van der Waals surface area contributed by atoms with Crippen molar-refractivity contribution < 1.29 is 32.6 Å². The standard InChI is InChI=1S/C26H24F3NO4/c1-2-23(34-22-13-9-20(10-14-22)25(33)30-16-15-24(31)32)19-5-3-17(4-6-19)18-7-11-21(12-8-18)26(27,28)29/h3-14,23H,2,15-16H2,1H3,(H,30,33)(H,31,32). The minimum absolute atomic E-state index is 0.0484. The number of halogens is 3. The first-order chi connectivity index (χ1) is 16.2. The van der Waals surface area contributed by atoms with Crippen molar-refractivity contribution in [1.82, 2.24) is 5.32 Å². The highest BCUT2D eigenvalue weighted by atomic mass is 19.4. The molecule has 0 aliphatic rings. The third kappa shape index (κ3) is 6.60. The van der Waals surface area contributed by atoms with Gasteiger partial charge in [0.25, 0.3) is 5.91 Å². The van der Waals surface area contributed by atoms with E-state index in [2.05, 4.69) is 5.32 Å². The van der Waals surface area contributed by atoms with Crippen LogP contribution < -0.4 is 10.1 Å². The van der Waals surface area contributed by atoms with Gasteiger partial charge < -0.3 is 15.2 Å². The molecule has 178 valence electrons. The summed E-state index contributed by atoms with van der Waals surface area (Å²) in [6.45, 7) is 2.02. The molecule has 0 aliphatic heterocycles. The number of carboxylic acid groups (broad SMARTS) is 1. The number of rotatable bonds is 9. The number of carbonyl (C=O) groups excluding carboxylic acids is 1. The summed E-state index contributed by atoms with van der Waals surface area (Å²) in [7, 11) is 0.